The van der Waals surface area contributed by atoms with Gasteiger partial charge in [-0.05, 0) is 77.1 Å². The molecule has 53 heavy (non-hydrogen) atoms. The highest BCUT2D eigenvalue weighted by molar-refractivity contribution is 6.87. The molecule has 0 saturated heterocycles. The summed E-state index contributed by atoms with van der Waals surface area (Å²) in [5.41, 5.74) is 0. The van der Waals surface area contributed by atoms with Gasteiger partial charge < -0.3 is 17.7 Å². The molecule has 0 bridgehead atoms. The molecule has 0 radical (unpaired) electrons. The third kappa shape index (κ3) is 38.2. The van der Waals surface area contributed by atoms with E-state index in [4.69, 9.17) is 17.7 Å². The Morgan fingerprint density at radius 3 is 0.943 bits per heavy atom. The van der Waals surface area contributed by atoms with Gasteiger partial charge in [-0.25, -0.2) is 0 Å². The summed E-state index contributed by atoms with van der Waals surface area (Å²) in [6.45, 7) is 19.8. The predicted octanol–water partition coefficient (Wildman–Crippen LogP) is 15.0. The number of esters is 2. The summed E-state index contributed by atoms with van der Waals surface area (Å²) >= 11 is 0. The van der Waals surface area contributed by atoms with Gasteiger partial charge >= 0.3 is 20.5 Å². The van der Waals surface area contributed by atoms with Gasteiger partial charge in [0.25, 0.3) is 0 Å². The van der Waals surface area contributed by atoms with Crippen LogP contribution in [0, 0.1) is 0 Å². The van der Waals surface area contributed by atoms with Crippen LogP contribution in [0.2, 0.25) is 51.4 Å². The Morgan fingerprint density at radius 1 is 0.358 bits per heavy atom. The first kappa shape index (κ1) is 52.5. The summed E-state index contributed by atoms with van der Waals surface area (Å²) in [6.07, 6.45) is 35.4. The second-order valence-corrected chi connectivity index (χ2v) is 30.2. The van der Waals surface area contributed by atoms with Crippen LogP contribution in [0.4, 0.5) is 0 Å². The minimum atomic E-state index is -2.15. The first-order valence-corrected chi connectivity index (χ1v) is 32.1. The van der Waals surface area contributed by atoms with E-state index in [-0.39, 0.29) is 11.9 Å². The molecule has 0 saturated carbocycles. The molecule has 9 heteroatoms. The lowest BCUT2D eigenvalue weighted by molar-refractivity contribution is -0.144. The Morgan fingerprint density at radius 2 is 0.623 bits per heavy atom. The highest BCUT2D eigenvalue weighted by atomic mass is 28.5. The smallest absolute Gasteiger partial charge is 0.311 e. The van der Waals surface area contributed by atoms with E-state index >= 15 is 0 Å². The van der Waals surface area contributed by atoms with Crippen molar-refractivity contribution in [2.75, 3.05) is 13.2 Å². The van der Waals surface area contributed by atoms with Crippen LogP contribution in [-0.2, 0) is 27.3 Å². The minimum absolute atomic E-state index is 0.00417. The maximum Gasteiger partial charge on any atom is 0.311 e. The summed E-state index contributed by atoms with van der Waals surface area (Å²) < 4.78 is 24.6. The number of hydrogen-bond acceptors (Lipinski definition) is 6. The first-order chi connectivity index (χ1) is 25.3. The Labute approximate surface area is 334 Å². The van der Waals surface area contributed by atoms with Gasteiger partial charge in [-0.15, -0.1) is 0 Å². The van der Waals surface area contributed by atoms with Crippen molar-refractivity contribution < 1.29 is 27.3 Å². The monoisotopic (exact) mass is 801 g/mol. The molecule has 0 atom stereocenters. The van der Waals surface area contributed by atoms with Gasteiger partial charge in [-0.2, -0.15) is 0 Å². The zero-order valence-corrected chi connectivity index (χ0v) is 40.0. The predicted molar refractivity (Wildman–Crippen MR) is 236 cm³/mol. The average molecular weight is 801 g/mol. The van der Waals surface area contributed by atoms with Gasteiger partial charge in [0, 0.05) is 12.8 Å². The number of carbonyl (C=O) groups is 2. The van der Waals surface area contributed by atoms with Crippen molar-refractivity contribution in [3.05, 3.63) is 0 Å². The second kappa shape index (κ2) is 34.7. The lowest BCUT2D eigenvalue weighted by Gasteiger charge is -2.39. The Kier molecular flexibility index (Phi) is 34.4. The van der Waals surface area contributed by atoms with E-state index in [9.17, 15) is 9.59 Å². The molecule has 0 aliphatic carbocycles. The Balaban J connectivity index is 3.81. The number of unbranched alkanes of at least 4 members (excludes halogenated alkanes) is 24. The van der Waals surface area contributed by atoms with Gasteiger partial charge in [0.1, 0.15) is 0 Å². The SMILES string of the molecule is CCCCCCCCOC(=O)CCCCCCCCCC[Si](C)(C)O[Si](C)(C)O[Si](C)(C)CCCCCCCCCCC(=O)OCCCCCCCC. The Hall–Kier alpha value is -0.489. The number of hydrogen-bond donors (Lipinski definition) is 0. The molecule has 0 aromatic heterocycles. The molecule has 0 fully saturated rings. The van der Waals surface area contributed by atoms with E-state index in [1.54, 1.807) is 0 Å². The van der Waals surface area contributed by atoms with Crippen molar-refractivity contribution in [2.45, 2.75) is 258 Å². The molecule has 0 spiro atoms. The van der Waals surface area contributed by atoms with Crippen molar-refractivity contribution >= 4 is 37.1 Å². The zero-order chi connectivity index (χ0) is 39.5. The van der Waals surface area contributed by atoms with Crippen LogP contribution in [0.5, 0.6) is 0 Å². The van der Waals surface area contributed by atoms with Crippen LogP contribution in [0.25, 0.3) is 0 Å². The zero-order valence-electron chi connectivity index (χ0n) is 37.0. The van der Waals surface area contributed by atoms with Crippen LogP contribution in [0.3, 0.4) is 0 Å². The largest absolute Gasteiger partial charge is 0.466 e. The highest BCUT2D eigenvalue weighted by Gasteiger charge is 2.39. The van der Waals surface area contributed by atoms with Gasteiger partial charge in [-0.1, -0.05) is 168 Å². The third-order valence-electron chi connectivity index (χ3n) is 10.4. The van der Waals surface area contributed by atoms with E-state index in [0.29, 0.717) is 26.1 Å². The van der Waals surface area contributed by atoms with Crippen molar-refractivity contribution in [3.63, 3.8) is 0 Å². The summed E-state index contributed by atoms with van der Waals surface area (Å²) in [5, 5.41) is 0. The van der Waals surface area contributed by atoms with E-state index in [1.165, 1.54) is 153 Å². The van der Waals surface area contributed by atoms with E-state index in [0.717, 1.165) is 38.5 Å². The van der Waals surface area contributed by atoms with Crippen LogP contribution >= 0.6 is 0 Å². The van der Waals surface area contributed by atoms with Crippen LogP contribution < -0.4 is 0 Å². The summed E-state index contributed by atoms with van der Waals surface area (Å²) in [7, 11) is -5.65. The molecule has 6 nitrogen and oxygen atoms in total. The fourth-order valence-corrected chi connectivity index (χ4v) is 21.7. The molecule has 0 N–H and O–H groups in total. The van der Waals surface area contributed by atoms with Gasteiger partial charge in [0.05, 0.1) is 13.2 Å². The van der Waals surface area contributed by atoms with Crippen molar-refractivity contribution in [3.8, 4) is 0 Å². The fraction of sp³-hybridized carbons (Fsp3) is 0.955. The maximum atomic E-state index is 11.9. The van der Waals surface area contributed by atoms with E-state index < -0.39 is 25.2 Å². The lowest BCUT2D eigenvalue weighted by Crippen LogP contribution is -2.52. The van der Waals surface area contributed by atoms with Crippen LogP contribution in [-0.4, -0.2) is 50.3 Å². The first-order valence-electron chi connectivity index (χ1n) is 23.0. The molecule has 0 aromatic carbocycles. The topological polar surface area (TPSA) is 71.1 Å². The van der Waals surface area contributed by atoms with Crippen molar-refractivity contribution in [1.82, 2.24) is 0 Å². The third-order valence-corrected chi connectivity index (χ3v) is 21.9. The molecular weight excluding hydrogens is 709 g/mol. The van der Waals surface area contributed by atoms with Crippen LogP contribution in [0.1, 0.15) is 206 Å². The molecule has 316 valence electrons. The van der Waals surface area contributed by atoms with E-state index in [1.807, 2.05) is 0 Å². The standard InChI is InChI=1S/C44H92O6Si3/c1-9-11-13-15-27-33-39-47-43(45)37-31-25-21-17-19-23-29-35-41-51(3,4)49-53(7,8)50-52(5,6)42-36-30-24-20-18-22-26-32-38-44(46)48-40-34-28-16-14-12-10-2/h9-42H2,1-8H3. The average Bonchev–Trinajstić information content (AvgIpc) is 3.08. The molecule has 0 rings (SSSR count). The molecule has 0 heterocycles. The lowest BCUT2D eigenvalue weighted by atomic mass is 10.1. The van der Waals surface area contributed by atoms with Crippen molar-refractivity contribution in [1.29, 1.82) is 0 Å². The summed E-state index contributed by atoms with van der Waals surface area (Å²) in [6, 6.07) is 2.44. The highest BCUT2D eigenvalue weighted by Crippen LogP contribution is 2.27. The quantitative estimate of drug-likeness (QED) is 0.0349. The van der Waals surface area contributed by atoms with Crippen molar-refractivity contribution in [2.24, 2.45) is 0 Å². The molecule has 0 aromatic rings. The Bertz CT molecular complexity index is 785. The van der Waals surface area contributed by atoms with Gasteiger partial charge in [0.2, 0.25) is 0 Å². The number of carbonyl (C=O) groups excluding carboxylic acids is 2. The minimum Gasteiger partial charge on any atom is -0.466 e. The van der Waals surface area contributed by atoms with Gasteiger partial charge in [-0.3, -0.25) is 9.59 Å². The summed E-state index contributed by atoms with van der Waals surface area (Å²) in [4.78, 5) is 23.9. The van der Waals surface area contributed by atoms with Crippen LogP contribution in [0.15, 0.2) is 0 Å². The van der Waals surface area contributed by atoms with E-state index in [2.05, 4.69) is 53.1 Å². The maximum absolute atomic E-state index is 11.9. The molecule has 0 aliphatic heterocycles. The van der Waals surface area contributed by atoms with Gasteiger partial charge in [0.15, 0.2) is 16.6 Å². The normalized spacial score (nSPS) is 12.4. The molecule has 0 unspecified atom stereocenters. The molecular formula is C44H92O6Si3. The fourth-order valence-electron chi connectivity index (χ4n) is 7.50. The summed E-state index contributed by atoms with van der Waals surface area (Å²) in [5.74, 6) is -0.00834. The second-order valence-electron chi connectivity index (χ2n) is 17.8. The molecule has 0 amide bonds. The molecule has 0 aliphatic rings. The number of rotatable bonds is 40. The number of ether oxygens (including phenoxy) is 2.